The molecule has 2 bridgehead atoms. The Morgan fingerprint density at radius 1 is 1.00 bits per heavy atom. The van der Waals surface area contributed by atoms with Gasteiger partial charge in [0.2, 0.25) is 0 Å². The molecule has 0 amide bonds. The van der Waals surface area contributed by atoms with Crippen LogP contribution in [-0.4, -0.2) is 24.0 Å². The van der Waals surface area contributed by atoms with E-state index in [1.54, 1.807) is 0 Å². The highest BCUT2D eigenvalue weighted by molar-refractivity contribution is 5.15. The topological polar surface area (TPSA) is 3.24 Å². The van der Waals surface area contributed by atoms with Gasteiger partial charge in [-0.25, -0.2) is 0 Å². The van der Waals surface area contributed by atoms with Gasteiger partial charge in [-0.15, -0.1) is 0 Å². The predicted molar refractivity (Wildman–Crippen MR) is 86.8 cm³/mol. The third kappa shape index (κ3) is 2.25. The van der Waals surface area contributed by atoms with Crippen molar-refractivity contribution in [2.45, 2.75) is 79.2 Å². The standard InChI is InChI=1S/C19H35N/c1-16(2,3)13-20(7)19(6)11-17(4)8-14-9-18(5,12-19)15(14)10-17/h14-15H,8-13H2,1-7H3. The van der Waals surface area contributed by atoms with Crippen LogP contribution in [0.15, 0.2) is 0 Å². The first kappa shape index (κ1) is 14.9. The smallest absolute Gasteiger partial charge is 0.0189 e. The van der Waals surface area contributed by atoms with E-state index >= 15 is 0 Å². The molecular formula is C19H35N. The summed E-state index contributed by atoms with van der Waals surface area (Å²) < 4.78 is 0. The van der Waals surface area contributed by atoms with Crippen LogP contribution >= 0.6 is 0 Å². The molecule has 5 atom stereocenters. The van der Waals surface area contributed by atoms with Gasteiger partial charge >= 0.3 is 0 Å². The molecular weight excluding hydrogens is 242 g/mol. The van der Waals surface area contributed by atoms with E-state index in [-0.39, 0.29) is 0 Å². The van der Waals surface area contributed by atoms with Gasteiger partial charge in [-0.1, -0.05) is 34.6 Å². The molecule has 0 aliphatic heterocycles. The van der Waals surface area contributed by atoms with Crippen LogP contribution in [0.5, 0.6) is 0 Å². The quantitative estimate of drug-likeness (QED) is 0.689. The van der Waals surface area contributed by atoms with Crippen LogP contribution in [-0.2, 0) is 0 Å². The summed E-state index contributed by atoms with van der Waals surface area (Å²) in [6.45, 7) is 16.1. The van der Waals surface area contributed by atoms with E-state index in [0.29, 0.717) is 21.8 Å². The molecule has 3 aliphatic carbocycles. The fraction of sp³-hybridized carbons (Fsp3) is 1.00. The molecule has 0 saturated heterocycles. The van der Waals surface area contributed by atoms with E-state index in [2.05, 4.69) is 53.5 Å². The third-order valence-electron chi connectivity index (χ3n) is 6.89. The van der Waals surface area contributed by atoms with Crippen LogP contribution in [0.1, 0.15) is 73.6 Å². The summed E-state index contributed by atoms with van der Waals surface area (Å²) in [5.41, 5.74) is 2.05. The molecule has 0 N–H and O–H groups in total. The Morgan fingerprint density at radius 2 is 1.65 bits per heavy atom. The van der Waals surface area contributed by atoms with Crippen molar-refractivity contribution in [3.05, 3.63) is 0 Å². The summed E-state index contributed by atoms with van der Waals surface area (Å²) >= 11 is 0. The van der Waals surface area contributed by atoms with Gasteiger partial charge in [-0.2, -0.15) is 0 Å². The highest BCUT2D eigenvalue weighted by Crippen LogP contribution is 2.71. The molecule has 0 aromatic carbocycles. The van der Waals surface area contributed by atoms with Crippen molar-refractivity contribution >= 4 is 0 Å². The maximum atomic E-state index is 2.71. The van der Waals surface area contributed by atoms with Crippen molar-refractivity contribution in [2.24, 2.45) is 28.1 Å². The Bertz CT molecular complexity index is 400. The number of hydrogen-bond donors (Lipinski definition) is 0. The average molecular weight is 277 g/mol. The Balaban J connectivity index is 1.86. The van der Waals surface area contributed by atoms with Crippen molar-refractivity contribution in [2.75, 3.05) is 13.6 Å². The van der Waals surface area contributed by atoms with Crippen molar-refractivity contribution in [3.63, 3.8) is 0 Å². The number of hydrogen-bond acceptors (Lipinski definition) is 1. The monoisotopic (exact) mass is 277 g/mol. The Kier molecular flexibility index (Phi) is 3.00. The van der Waals surface area contributed by atoms with Crippen LogP contribution in [0.3, 0.4) is 0 Å². The minimum Gasteiger partial charge on any atom is -0.300 e. The van der Waals surface area contributed by atoms with Crippen molar-refractivity contribution < 1.29 is 0 Å². The van der Waals surface area contributed by atoms with Gasteiger partial charge in [0.15, 0.2) is 0 Å². The van der Waals surface area contributed by atoms with E-state index < -0.39 is 0 Å². The highest BCUT2D eigenvalue weighted by atomic mass is 15.2. The summed E-state index contributed by atoms with van der Waals surface area (Å²) in [7, 11) is 2.38. The molecule has 1 nitrogen and oxygen atoms in total. The zero-order chi connectivity index (χ0) is 15.0. The third-order valence-corrected chi connectivity index (χ3v) is 6.89. The molecule has 20 heavy (non-hydrogen) atoms. The first-order chi connectivity index (χ1) is 8.95. The fourth-order valence-electron chi connectivity index (χ4n) is 6.55. The molecule has 0 spiro atoms. The second-order valence-electron chi connectivity index (χ2n) is 10.7. The summed E-state index contributed by atoms with van der Waals surface area (Å²) in [5.74, 6) is 2.11. The Morgan fingerprint density at radius 3 is 2.25 bits per heavy atom. The summed E-state index contributed by atoms with van der Waals surface area (Å²) in [5, 5.41) is 0. The molecule has 0 heterocycles. The zero-order valence-corrected chi connectivity index (χ0v) is 14.8. The first-order valence-electron chi connectivity index (χ1n) is 8.66. The lowest BCUT2D eigenvalue weighted by atomic mass is 9.52. The summed E-state index contributed by atoms with van der Waals surface area (Å²) in [4.78, 5) is 2.71. The van der Waals surface area contributed by atoms with Gasteiger partial charge in [0, 0.05) is 12.1 Å². The van der Waals surface area contributed by atoms with E-state index in [1.165, 1.54) is 38.6 Å². The minimum absolute atomic E-state index is 0.396. The maximum absolute atomic E-state index is 2.71. The molecule has 0 radical (unpaired) electrons. The van der Waals surface area contributed by atoms with Crippen LogP contribution < -0.4 is 0 Å². The molecule has 116 valence electrons. The number of fused-ring (bicyclic) bond motifs is 1. The average Bonchev–Trinajstić information content (AvgIpc) is 2.44. The SMILES string of the molecule is CN(CC(C)(C)C)C1(C)CC2(C)CC3CC(C)(C1)C3C2. The predicted octanol–water partition coefficient (Wildman–Crippen LogP) is 4.96. The molecule has 0 aromatic rings. The molecule has 3 rings (SSSR count). The van der Waals surface area contributed by atoms with Crippen LogP contribution in [0.25, 0.3) is 0 Å². The van der Waals surface area contributed by atoms with E-state index in [9.17, 15) is 0 Å². The second-order valence-corrected chi connectivity index (χ2v) is 10.7. The van der Waals surface area contributed by atoms with Gasteiger partial charge in [-0.3, -0.25) is 0 Å². The molecule has 1 heteroatoms. The lowest BCUT2D eigenvalue weighted by Gasteiger charge is -2.57. The highest BCUT2D eigenvalue weighted by Gasteiger charge is 2.63. The molecule has 5 unspecified atom stereocenters. The maximum Gasteiger partial charge on any atom is 0.0189 e. The van der Waals surface area contributed by atoms with Crippen molar-refractivity contribution in [3.8, 4) is 0 Å². The molecule has 0 aromatic heterocycles. The first-order valence-corrected chi connectivity index (χ1v) is 8.66. The van der Waals surface area contributed by atoms with Gasteiger partial charge in [0.05, 0.1) is 0 Å². The van der Waals surface area contributed by atoms with Crippen LogP contribution in [0, 0.1) is 28.1 Å². The second kappa shape index (κ2) is 4.03. The van der Waals surface area contributed by atoms with Crippen molar-refractivity contribution in [1.82, 2.24) is 4.90 Å². The van der Waals surface area contributed by atoms with Gasteiger partial charge in [0.1, 0.15) is 0 Å². The Hall–Kier alpha value is -0.0400. The van der Waals surface area contributed by atoms with E-state index in [0.717, 1.165) is 11.8 Å². The van der Waals surface area contributed by atoms with Gasteiger partial charge < -0.3 is 4.90 Å². The summed E-state index contributed by atoms with van der Waals surface area (Å²) in [6, 6.07) is 0. The van der Waals surface area contributed by atoms with E-state index in [1.807, 2.05) is 0 Å². The minimum atomic E-state index is 0.396. The van der Waals surface area contributed by atoms with Gasteiger partial charge in [0.25, 0.3) is 0 Å². The van der Waals surface area contributed by atoms with E-state index in [4.69, 9.17) is 0 Å². The van der Waals surface area contributed by atoms with Gasteiger partial charge in [-0.05, 0) is 74.2 Å². The molecule has 3 aliphatic rings. The molecule has 3 fully saturated rings. The lowest BCUT2D eigenvalue weighted by molar-refractivity contribution is -0.0664. The number of rotatable bonds is 2. The zero-order valence-electron chi connectivity index (χ0n) is 14.8. The van der Waals surface area contributed by atoms with Crippen LogP contribution in [0.4, 0.5) is 0 Å². The largest absolute Gasteiger partial charge is 0.300 e. The number of nitrogens with zero attached hydrogens (tertiary/aromatic N) is 1. The van der Waals surface area contributed by atoms with Crippen LogP contribution in [0.2, 0.25) is 0 Å². The lowest BCUT2D eigenvalue weighted by Crippen LogP contribution is -2.55. The fourth-order valence-corrected chi connectivity index (χ4v) is 6.55. The normalized spacial score (nSPS) is 51.0. The molecule has 3 saturated carbocycles. The Labute approximate surface area is 126 Å². The summed E-state index contributed by atoms with van der Waals surface area (Å²) in [6.07, 6.45) is 7.35. The van der Waals surface area contributed by atoms with Crippen molar-refractivity contribution in [1.29, 1.82) is 0 Å².